The number of nitrogen functional groups attached to an aromatic ring is 1. The molecule has 0 unspecified atom stereocenters. The Bertz CT molecular complexity index is 628. The highest BCUT2D eigenvalue weighted by Gasteiger charge is 2.07. The van der Waals surface area contributed by atoms with E-state index < -0.39 is 0 Å². The quantitative estimate of drug-likeness (QED) is 0.662. The molecule has 20 heavy (non-hydrogen) atoms. The molecule has 0 radical (unpaired) electrons. The van der Waals surface area contributed by atoms with Crippen LogP contribution in [0.3, 0.4) is 0 Å². The van der Waals surface area contributed by atoms with Gasteiger partial charge in [0.25, 0.3) is 0 Å². The molecule has 0 aliphatic rings. The third kappa shape index (κ3) is 3.47. The lowest BCUT2D eigenvalue weighted by Gasteiger charge is -2.10. The highest BCUT2D eigenvalue weighted by molar-refractivity contribution is 6.01. The molecule has 3 N–H and O–H groups in total. The highest BCUT2D eigenvalue weighted by atomic mass is 16.1. The summed E-state index contributed by atoms with van der Waals surface area (Å²) < 4.78 is 1.76. The summed E-state index contributed by atoms with van der Waals surface area (Å²) >= 11 is 0. The Morgan fingerprint density at radius 1 is 1.40 bits per heavy atom. The number of nitrogens with zero attached hydrogens (tertiary/aromatic N) is 2. The number of anilines is 2. The molecule has 0 aliphatic carbocycles. The Balaban J connectivity index is 2.04. The molecule has 0 saturated carbocycles. The van der Waals surface area contributed by atoms with E-state index >= 15 is 0 Å². The summed E-state index contributed by atoms with van der Waals surface area (Å²) in [6.07, 6.45) is 4.87. The van der Waals surface area contributed by atoms with Crippen molar-refractivity contribution in [2.75, 3.05) is 11.1 Å². The Hall–Kier alpha value is -2.56. The summed E-state index contributed by atoms with van der Waals surface area (Å²) in [5.41, 5.74) is 7.24. The van der Waals surface area contributed by atoms with Gasteiger partial charge in [0, 0.05) is 23.9 Å². The Kier molecular flexibility index (Phi) is 4.20. The van der Waals surface area contributed by atoms with Crippen molar-refractivity contribution in [2.24, 2.45) is 0 Å². The lowest BCUT2D eigenvalue weighted by atomic mass is 10.2. The lowest BCUT2D eigenvalue weighted by Crippen LogP contribution is -2.14. The monoisotopic (exact) mass is 270 g/mol. The predicted octanol–water partition coefficient (Wildman–Crippen LogP) is 2.70. The molecule has 0 aliphatic heterocycles. The molecule has 0 saturated heterocycles. The molecule has 1 amide bonds. The molecule has 0 fully saturated rings. The van der Waals surface area contributed by atoms with Gasteiger partial charge in [-0.2, -0.15) is 5.10 Å². The van der Waals surface area contributed by atoms with Crippen LogP contribution in [0.5, 0.6) is 0 Å². The van der Waals surface area contributed by atoms with Gasteiger partial charge >= 0.3 is 0 Å². The maximum absolute atomic E-state index is 11.9. The van der Waals surface area contributed by atoms with Gasteiger partial charge in [-0.3, -0.25) is 4.79 Å². The fourth-order valence-electron chi connectivity index (χ4n) is 1.83. The first-order valence-electron chi connectivity index (χ1n) is 6.44. The van der Waals surface area contributed by atoms with E-state index in [0.717, 1.165) is 5.56 Å². The Morgan fingerprint density at radius 3 is 2.90 bits per heavy atom. The third-order valence-electron chi connectivity index (χ3n) is 2.75. The number of amides is 1. The minimum Gasteiger partial charge on any atom is -0.399 e. The highest BCUT2D eigenvalue weighted by Crippen LogP contribution is 2.13. The van der Waals surface area contributed by atoms with Crippen molar-refractivity contribution >= 4 is 23.5 Å². The first-order chi connectivity index (χ1) is 9.56. The molecular weight excluding hydrogens is 252 g/mol. The fourth-order valence-corrected chi connectivity index (χ4v) is 1.83. The molecule has 104 valence electrons. The van der Waals surface area contributed by atoms with Gasteiger partial charge in [-0.1, -0.05) is 12.1 Å². The van der Waals surface area contributed by atoms with Gasteiger partial charge in [0.2, 0.25) is 5.91 Å². The summed E-state index contributed by atoms with van der Waals surface area (Å²) in [5, 5.41) is 6.96. The van der Waals surface area contributed by atoms with Gasteiger partial charge in [0.1, 0.15) is 5.82 Å². The maximum atomic E-state index is 11.9. The summed E-state index contributed by atoms with van der Waals surface area (Å²) in [6, 6.07) is 9.31. The number of carbonyl (C=O) groups is 1. The Morgan fingerprint density at radius 2 is 2.20 bits per heavy atom. The van der Waals surface area contributed by atoms with Gasteiger partial charge in [-0.15, -0.1) is 0 Å². The van der Waals surface area contributed by atoms with Crippen LogP contribution in [0.2, 0.25) is 0 Å². The van der Waals surface area contributed by atoms with Crippen LogP contribution in [0.25, 0.3) is 6.08 Å². The number of carbonyl (C=O) groups excluding carboxylic acids is 1. The number of aromatic nitrogens is 2. The molecule has 1 heterocycles. The second-order valence-corrected chi connectivity index (χ2v) is 4.75. The second kappa shape index (κ2) is 6.06. The van der Waals surface area contributed by atoms with E-state index in [1.807, 2.05) is 32.0 Å². The normalized spacial score (nSPS) is 11.2. The molecule has 0 spiro atoms. The van der Waals surface area contributed by atoms with Crippen LogP contribution >= 0.6 is 0 Å². The number of nitrogens with one attached hydrogen (secondary N) is 1. The van der Waals surface area contributed by atoms with E-state index in [0.29, 0.717) is 11.5 Å². The smallest absolute Gasteiger partial charge is 0.249 e. The van der Waals surface area contributed by atoms with Crippen LogP contribution in [0.4, 0.5) is 11.5 Å². The molecule has 5 heteroatoms. The van der Waals surface area contributed by atoms with E-state index in [4.69, 9.17) is 5.73 Å². The zero-order chi connectivity index (χ0) is 14.5. The summed E-state index contributed by atoms with van der Waals surface area (Å²) in [4.78, 5) is 11.9. The maximum Gasteiger partial charge on any atom is 0.249 e. The van der Waals surface area contributed by atoms with Crippen molar-refractivity contribution < 1.29 is 4.79 Å². The van der Waals surface area contributed by atoms with E-state index in [9.17, 15) is 4.79 Å². The van der Waals surface area contributed by atoms with Crippen molar-refractivity contribution in [3.8, 4) is 0 Å². The summed E-state index contributed by atoms with van der Waals surface area (Å²) in [7, 11) is 0. The number of benzene rings is 1. The van der Waals surface area contributed by atoms with Crippen molar-refractivity contribution in [1.82, 2.24) is 9.78 Å². The molecule has 2 aromatic rings. The molecular formula is C15H18N4O. The zero-order valence-corrected chi connectivity index (χ0v) is 11.6. The topological polar surface area (TPSA) is 72.9 Å². The van der Waals surface area contributed by atoms with Crippen LogP contribution in [0, 0.1) is 0 Å². The van der Waals surface area contributed by atoms with E-state index in [2.05, 4.69) is 10.4 Å². The molecule has 5 nitrogen and oxygen atoms in total. The fraction of sp³-hybridized carbons (Fsp3) is 0.200. The number of nitrogens with two attached hydrogens (primary N) is 1. The largest absolute Gasteiger partial charge is 0.399 e. The second-order valence-electron chi connectivity index (χ2n) is 4.75. The molecule has 0 atom stereocenters. The standard InChI is InChI=1S/C15H18N4O/c1-11(2)19-14(8-9-17-19)18-15(20)7-6-12-4-3-5-13(16)10-12/h3-11H,16H2,1-2H3,(H,18,20)/b7-6+. The average molecular weight is 270 g/mol. The number of hydrogen-bond acceptors (Lipinski definition) is 3. The number of rotatable bonds is 4. The van der Waals surface area contributed by atoms with Gasteiger partial charge in [-0.05, 0) is 37.6 Å². The van der Waals surface area contributed by atoms with Crippen LogP contribution < -0.4 is 11.1 Å². The predicted molar refractivity (Wildman–Crippen MR) is 81.1 cm³/mol. The van der Waals surface area contributed by atoms with Gasteiger partial charge < -0.3 is 11.1 Å². The molecule has 1 aromatic carbocycles. The van der Waals surface area contributed by atoms with Crippen LogP contribution in [0.15, 0.2) is 42.6 Å². The van der Waals surface area contributed by atoms with Gasteiger partial charge in [0.15, 0.2) is 0 Å². The van der Waals surface area contributed by atoms with Crippen LogP contribution in [0.1, 0.15) is 25.5 Å². The van der Waals surface area contributed by atoms with E-state index in [1.165, 1.54) is 6.08 Å². The zero-order valence-electron chi connectivity index (χ0n) is 11.6. The van der Waals surface area contributed by atoms with Crippen molar-refractivity contribution in [3.63, 3.8) is 0 Å². The van der Waals surface area contributed by atoms with E-state index in [-0.39, 0.29) is 11.9 Å². The average Bonchev–Trinajstić information content (AvgIpc) is 2.85. The van der Waals surface area contributed by atoms with Crippen molar-refractivity contribution in [1.29, 1.82) is 0 Å². The minimum absolute atomic E-state index is 0.193. The first kappa shape index (κ1) is 13.9. The lowest BCUT2D eigenvalue weighted by molar-refractivity contribution is -0.111. The Labute approximate surface area is 118 Å². The first-order valence-corrected chi connectivity index (χ1v) is 6.44. The molecule has 2 rings (SSSR count). The number of hydrogen-bond donors (Lipinski definition) is 2. The van der Waals surface area contributed by atoms with Gasteiger partial charge in [-0.25, -0.2) is 4.68 Å². The SMILES string of the molecule is CC(C)n1nccc1NC(=O)/C=C/c1cccc(N)c1. The van der Waals surface area contributed by atoms with Crippen molar-refractivity contribution in [2.45, 2.75) is 19.9 Å². The minimum atomic E-state index is -0.199. The van der Waals surface area contributed by atoms with Gasteiger partial charge in [0.05, 0.1) is 6.20 Å². The summed E-state index contributed by atoms with van der Waals surface area (Å²) in [6.45, 7) is 4.01. The molecule has 1 aromatic heterocycles. The third-order valence-corrected chi connectivity index (χ3v) is 2.75. The molecule has 0 bridgehead atoms. The summed E-state index contributed by atoms with van der Waals surface area (Å²) in [5.74, 6) is 0.483. The van der Waals surface area contributed by atoms with Crippen LogP contribution in [-0.4, -0.2) is 15.7 Å². The van der Waals surface area contributed by atoms with Crippen molar-refractivity contribution in [3.05, 3.63) is 48.2 Å². The van der Waals surface area contributed by atoms with E-state index in [1.54, 1.807) is 29.1 Å². The van der Waals surface area contributed by atoms with Crippen LogP contribution in [-0.2, 0) is 4.79 Å².